The van der Waals surface area contributed by atoms with Crippen LogP contribution in [0.15, 0.2) is 0 Å². The summed E-state index contributed by atoms with van der Waals surface area (Å²) >= 11 is 9.65. The number of rotatable bonds is 3. The molecule has 0 rings (SSSR count). The average molecular weight is 311 g/mol. The Hall–Kier alpha value is 1.40. The third-order valence-electron chi connectivity index (χ3n) is 0.628. The maximum atomic E-state index is 8.92. The van der Waals surface area contributed by atoms with Crippen LogP contribution in [0.4, 0.5) is 0 Å². The molecule has 0 saturated carbocycles. The molecule has 0 spiro atoms. The summed E-state index contributed by atoms with van der Waals surface area (Å²) in [7, 11) is 0. The fourth-order valence-corrected chi connectivity index (χ4v) is 1.40. The van der Waals surface area contributed by atoms with Crippen molar-refractivity contribution < 1.29 is 5.11 Å². The van der Waals surface area contributed by atoms with Gasteiger partial charge in [-0.2, -0.15) is 0 Å². The third kappa shape index (κ3) is 5.54. The van der Waals surface area contributed by atoms with Crippen molar-refractivity contribution in [1.82, 2.24) is 0 Å². The van der Waals surface area contributed by atoms with Gasteiger partial charge in [-0.25, -0.2) is 0 Å². The van der Waals surface area contributed by atoms with Crippen molar-refractivity contribution in [2.75, 3.05) is 5.33 Å². The van der Waals surface area contributed by atoms with E-state index in [1.54, 1.807) is 0 Å². The van der Waals surface area contributed by atoms with Crippen LogP contribution in [0.5, 0.6) is 0 Å². The second-order valence-corrected chi connectivity index (χ2v) is 5.52. The van der Waals surface area contributed by atoms with Gasteiger partial charge in [-0.3, -0.25) is 0 Å². The number of hydrogen-bond donors (Lipinski definition) is 1. The highest BCUT2D eigenvalue weighted by Gasteiger charge is 2.05. The van der Waals surface area contributed by atoms with Gasteiger partial charge in [-0.1, -0.05) is 47.8 Å². The van der Waals surface area contributed by atoms with Crippen LogP contribution in [0.2, 0.25) is 0 Å². The largest absolute Gasteiger partial charge is 0.392 e. The van der Waals surface area contributed by atoms with Crippen LogP contribution in [0.3, 0.4) is 0 Å². The lowest BCUT2D eigenvalue weighted by molar-refractivity contribution is 0.196. The number of halogens is 3. The topological polar surface area (TPSA) is 20.2 Å². The van der Waals surface area contributed by atoms with Crippen molar-refractivity contribution in [3.63, 3.8) is 0 Å². The molecule has 0 radical (unpaired) electrons. The number of alkyl halides is 3. The van der Waals surface area contributed by atoms with Gasteiger partial charge in [0.1, 0.15) is 0 Å². The van der Waals surface area contributed by atoms with E-state index in [4.69, 9.17) is 5.11 Å². The first kappa shape index (κ1) is 9.40. The molecule has 4 heteroatoms. The summed E-state index contributed by atoms with van der Waals surface area (Å²) < 4.78 is 0.225. The van der Waals surface area contributed by atoms with Crippen molar-refractivity contribution >= 4 is 47.8 Å². The Labute approximate surface area is 74.2 Å². The van der Waals surface area contributed by atoms with E-state index in [0.29, 0.717) is 5.33 Å². The Morgan fingerprint density at radius 1 is 1.38 bits per heavy atom. The molecule has 0 aliphatic heterocycles. The van der Waals surface area contributed by atoms with Crippen molar-refractivity contribution in [2.45, 2.75) is 16.3 Å². The van der Waals surface area contributed by atoms with Gasteiger partial charge < -0.3 is 5.11 Å². The Balaban J connectivity index is 3.10. The van der Waals surface area contributed by atoms with Crippen LogP contribution < -0.4 is 0 Å². The molecular formula is C4H7Br3O. The standard InChI is InChI=1S/C4H7Br3O/c5-2-3(8)1-4(6)7/h3-4,8H,1-2H2. The maximum Gasteiger partial charge on any atom is 0.0722 e. The van der Waals surface area contributed by atoms with E-state index < -0.39 is 0 Å². The Morgan fingerprint density at radius 2 is 1.88 bits per heavy atom. The highest BCUT2D eigenvalue weighted by molar-refractivity contribution is 9.24. The zero-order chi connectivity index (χ0) is 6.57. The molecule has 50 valence electrons. The zero-order valence-corrected chi connectivity index (χ0v) is 8.91. The molecule has 0 bridgehead atoms. The van der Waals surface area contributed by atoms with Gasteiger partial charge in [0.15, 0.2) is 0 Å². The van der Waals surface area contributed by atoms with E-state index in [0.717, 1.165) is 6.42 Å². The first-order valence-corrected chi connectivity index (χ1v) is 5.14. The van der Waals surface area contributed by atoms with Gasteiger partial charge in [0.2, 0.25) is 0 Å². The molecular weight excluding hydrogens is 304 g/mol. The monoisotopic (exact) mass is 308 g/mol. The van der Waals surface area contributed by atoms with E-state index >= 15 is 0 Å². The number of aliphatic hydroxyl groups is 1. The lowest BCUT2D eigenvalue weighted by atomic mass is 10.3. The summed E-state index contributed by atoms with van der Waals surface area (Å²) in [5, 5.41) is 9.56. The minimum Gasteiger partial charge on any atom is -0.392 e. The SMILES string of the molecule is OC(CBr)CC(Br)Br. The van der Waals surface area contributed by atoms with Gasteiger partial charge in [-0.05, 0) is 6.42 Å². The molecule has 0 amide bonds. The molecule has 0 aromatic heterocycles. The van der Waals surface area contributed by atoms with Crippen molar-refractivity contribution in [2.24, 2.45) is 0 Å². The third-order valence-corrected chi connectivity index (χ3v) is 2.12. The molecule has 1 atom stereocenters. The first-order chi connectivity index (χ1) is 3.66. The summed E-state index contributed by atoms with van der Waals surface area (Å²) in [5.74, 6) is 0. The van der Waals surface area contributed by atoms with Crippen LogP contribution in [-0.2, 0) is 0 Å². The Kier molecular flexibility index (Phi) is 6.12. The van der Waals surface area contributed by atoms with Gasteiger partial charge in [0.05, 0.1) is 9.84 Å². The lowest BCUT2D eigenvalue weighted by Gasteiger charge is -2.05. The molecule has 0 saturated heterocycles. The lowest BCUT2D eigenvalue weighted by Crippen LogP contribution is -2.10. The highest BCUT2D eigenvalue weighted by atomic mass is 79.9. The second-order valence-electron chi connectivity index (χ2n) is 1.43. The van der Waals surface area contributed by atoms with Crippen LogP contribution in [0.25, 0.3) is 0 Å². The highest BCUT2D eigenvalue weighted by Crippen LogP contribution is 2.15. The van der Waals surface area contributed by atoms with E-state index in [1.165, 1.54) is 0 Å². The molecule has 0 aromatic carbocycles. The minimum atomic E-state index is -0.251. The average Bonchev–Trinajstić information content (AvgIpc) is 1.65. The fourth-order valence-electron chi connectivity index (χ4n) is 0.269. The number of hydrogen-bond acceptors (Lipinski definition) is 1. The summed E-state index contributed by atoms with van der Waals surface area (Å²) in [6, 6.07) is 0. The molecule has 0 aliphatic rings. The first-order valence-electron chi connectivity index (χ1n) is 2.19. The van der Waals surface area contributed by atoms with E-state index in [9.17, 15) is 0 Å². The molecule has 0 aromatic rings. The summed E-state index contributed by atoms with van der Waals surface area (Å²) in [4.78, 5) is 0. The van der Waals surface area contributed by atoms with Crippen LogP contribution in [0.1, 0.15) is 6.42 Å². The summed E-state index contributed by atoms with van der Waals surface area (Å²) in [6.45, 7) is 0. The van der Waals surface area contributed by atoms with Gasteiger partial charge >= 0.3 is 0 Å². The summed E-state index contributed by atoms with van der Waals surface area (Å²) in [5.41, 5.74) is 0. The van der Waals surface area contributed by atoms with Crippen LogP contribution in [-0.4, -0.2) is 20.3 Å². The molecule has 0 heterocycles. The molecule has 0 aliphatic carbocycles. The molecule has 8 heavy (non-hydrogen) atoms. The zero-order valence-electron chi connectivity index (χ0n) is 4.15. The number of aliphatic hydroxyl groups excluding tert-OH is 1. The van der Waals surface area contributed by atoms with Crippen LogP contribution >= 0.6 is 47.8 Å². The predicted octanol–water partition coefficient (Wildman–Crippen LogP) is 2.25. The van der Waals surface area contributed by atoms with E-state index in [-0.39, 0.29) is 9.84 Å². The van der Waals surface area contributed by atoms with Crippen molar-refractivity contribution in [3.8, 4) is 0 Å². The van der Waals surface area contributed by atoms with Gasteiger partial charge in [0.25, 0.3) is 0 Å². The minimum absolute atomic E-state index is 0.225. The Morgan fingerprint density at radius 3 is 2.00 bits per heavy atom. The van der Waals surface area contributed by atoms with Crippen LogP contribution in [0, 0.1) is 0 Å². The Bertz CT molecular complexity index is 57.2. The smallest absolute Gasteiger partial charge is 0.0722 e. The normalized spacial score (nSPS) is 14.6. The quantitative estimate of drug-likeness (QED) is 0.793. The molecule has 1 N–H and O–H groups in total. The molecule has 1 unspecified atom stereocenters. The maximum absolute atomic E-state index is 8.92. The van der Waals surface area contributed by atoms with E-state index in [1.807, 2.05) is 0 Å². The molecule has 1 nitrogen and oxygen atoms in total. The van der Waals surface area contributed by atoms with Crippen molar-refractivity contribution in [3.05, 3.63) is 0 Å². The van der Waals surface area contributed by atoms with Crippen molar-refractivity contribution in [1.29, 1.82) is 0 Å². The fraction of sp³-hybridized carbons (Fsp3) is 1.00. The summed E-state index contributed by atoms with van der Waals surface area (Å²) in [6.07, 6.45) is 0.476. The van der Waals surface area contributed by atoms with E-state index in [2.05, 4.69) is 47.8 Å². The predicted molar refractivity (Wildman–Crippen MR) is 46.1 cm³/mol. The molecule has 0 fully saturated rings. The van der Waals surface area contributed by atoms with Gasteiger partial charge in [0, 0.05) is 5.33 Å². The van der Waals surface area contributed by atoms with Gasteiger partial charge in [-0.15, -0.1) is 0 Å². The second kappa shape index (κ2) is 5.21.